The number of nitrogens with one attached hydrogen (secondary N) is 2. The zero-order valence-electron chi connectivity index (χ0n) is 13.8. The summed E-state index contributed by atoms with van der Waals surface area (Å²) < 4.78 is 1.62. The number of anilines is 1. The van der Waals surface area contributed by atoms with Crippen molar-refractivity contribution in [2.45, 2.75) is 31.7 Å². The van der Waals surface area contributed by atoms with E-state index in [1.165, 1.54) is 25.7 Å². The molecule has 25 heavy (non-hydrogen) atoms. The van der Waals surface area contributed by atoms with Crippen molar-refractivity contribution in [3.8, 4) is 11.4 Å². The Morgan fingerprint density at radius 1 is 1.20 bits per heavy atom. The number of hydrogen-bond donors (Lipinski definition) is 2. The molecule has 2 N–H and O–H groups in total. The van der Waals surface area contributed by atoms with Gasteiger partial charge in [0, 0.05) is 13.1 Å². The molecule has 1 aliphatic carbocycles. The molecule has 0 aromatic carbocycles. The molecule has 0 amide bonds. The van der Waals surface area contributed by atoms with Crippen LogP contribution >= 0.6 is 12.2 Å². The molecule has 0 spiro atoms. The minimum Gasteiger partial charge on any atom is -0.360 e. The van der Waals surface area contributed by atoms with Crippen LogP contribution in [0.4, 0.5) is 5.82 Å². The molecule has 0 atom stereocenters. The van der Waals surface area contributed by atoms with Gasteiger partial charge in [-0.3, -0.25) is 9.67 Å². The lowest BCUT2D eigenvalue weighted by Crippen LogP contribution is -2.36. The Kier molecular flexibility index (Phi) is 4.22. The fraction of sp³-hybridized carbons (Fsp3) is 0.375. The minimum atomic E-state index is 0.462. The Labute approximate surface area is 150 Å². The van der Waals surface area contributed by atoms with Crippen molar-refractivity contribution < 1.29 is 0 Å². The van der Waals surface area contributed by atoms with Crippen LogP contribution < -0.4 is 10.6 Å². The summed E-state index contributed by atoms with van der Waals surface area (Å²) >= 11 is 5.38. The molecule has 1 aliphatic rings. The fourth-order valence-corrected chi connectivity index (χ4v) is 3.23. The Hall–Kier alpha value is -2.68. The lowest BCUT2D eigenvalue weighted by molar-refractivity contribution is 0.634. The Morgan fingerprint density at radius 2 is 2.04 bits per heavy atom. The maximum absolute atomic E-state index is 5.38. The van der Waals surface area contributed by atoms with E-state index in [1.54, 1.807) is 17.1 Å². The average molecular weight is 354 g/mol. The lowest BCUT2D eigenvalue weighted by Gasteiger charge is -2.15. The molecule has 0 unspecified atom stereocenters. The molecular weight excluding hydrogens is 336 g/mol. The molecule has 8 nitrogen and oxygen atoms in total. The van der Waals surface area contributed by atoms with E-state index in [4.69, 9.17) is 12.2 Å². The van der Waals surface area contributed by atoms with Gasteiger partial charge in [-0.2, -0.15) is 0 Å². The van der Waals surface area contributed by atoms with Crippen molar-refractivity contribution in [3.63, 3.8) is 0 Å². The molecule has 0 aliphatic heterocycles. The average Bonchev–Trinajstić information content (AvgIpc) is 3.26. The molecule has 0 bridgehead atoms. The van der Waals surface area contributed by atoms with Gasteiger partial charge < -0.3 is 10.6 Å². The van der Waals surface area contributed by atoms with E-state index >= 15 is 0 Å². The van der Waals surface area contributed by atoms with Crippen LogP contribution in [0, 0.1) is 0 Å². The molecular formula is C16H18N8S. The normalized spacial score (nSPS) is 14.8. The van der Waals surface area contributed by atoms with Gasteiger partial charge in [0.25, 0.3) is 0 Å². The van der Waals surface area contributed by atoms with Crippen molar-refractivity contribution in [1.29, 1.82) is 0 Å². The molecule has 3 aromatic heterocycles. The summed E-state index contributed by atoms with van der Waals surface area (Å²) in [5.41, 5.74) is 2.55. The van der Waals surface area contributed by atoms with Gasteiger partial charge in [-0.25, -0.2) is 9.97 Å². The van der Waals surface area contributed by atoms with Crippen molar-refractivity contribution >= 4 is 34.3 Å². The molecule has 3 heterocycles. The van der Waals surface area contributed by atoms with E-state index in [0.29, 0.717) is 39.5 Å². The third-order valence-electron chi connectivity index (χ3n) is 4.20. The number of nitrogens with zero attached hydrogens (tertiary/aromatic N) is 6. The second kappa shape index (κ2) is 6.67. The van der Waals surface area contributed by atoms with Crippen LogP contribution in [0.2, 0.25) is 0 Å². The van der Waals surface area contributed by atoms with Crippen molar-refractivity contribution in [2.24, 2.45) is 7.05 Å². The number of hydrogen-bond acceptors (Lipinski definition) is 6. The van der Waals surface area contributed by atoms with Gasteiger partial charge in [0.05, 0.1) is 12.4 Å². The summed E-state index contributed by atoms with van der Waals surface area (Å²) in [6.07, 6.45) is 8.32. The molecule has 0 saturated heterocycles. The first-order valence-electron chi connectivity index (χ1n) is 8.25. The van der Waals surface area contributed by atoms with Gasteiger partial charge in [-0.15, -0.1) is 5.10 Å². The van der Waals surface area contributed by atoms with Crippen LogP contribution in [-0.2, 0) is 7.05 Å². The molecule has 4 rings (SSSR count). The van der Waals surface area contributed by atoms with Gasteiger partial charge in [-0.05, 0) is 37.2 Å². The highest BCUT2D eigenvalue weighted by Gasteiger charge is 2.15. The maximum atomic E-state index is 5.38. The van der Waals surface area contributed by atoms with E-state index in [9.17, 15) is 0 Å². The topological polar surface area (TPSA) is 93.4 Å². The van der Waals surface area contributed by atoms with E-state index in [-0.39, 0.29) is 0 Å². The number of fused-ring (bicyclic) bond motifs is 1. The Morgan fingerprint density at radius 3 is 2.80 bits per heavy atom. The largest absolute Gasteiger partial charge is 0.360 e. The molecule has 1 fully saturated rings. The van der Waals surface area contributed by atoms with Crippen LogP contribution in [0.1, 0.15) is 25.7 Å². The number of aromatic nitrogens is 6. The zero-order chi connectivity index (χ0) is 17.2. The summed E-state index contributed by atoms with van der Waals surface area (Å²) in [5.74, 6) is 0.647. The molecule has 0 radical (unpaired) electrons. The third kappa shape index (κ3) is 3.55. The van der Waals surface area contributed by atoms with Gasteiger partial charge in [0.1, 0.15) is 22.7 Å². The monoisotopic (exact) mass is 354 g/mol. The van der Waals surface area contributed by atoms with E-state index in [2.05, 4.69) is 35.9 Å². The van der Waals surface area contributed by atoms with E-state index < -0.39 is 0 Å². The minimum absolute atomic E-state index is 0.462. The number of rotatable bonds is 3. The third-order valence-corrected chi connectivity index (χ3v) is 4.42. The second-order valence-corrected chi connectivity index (χ2v) is 6.56. The summed E-state index contributed by atoms with van der Waals surface area (Å²) in [5, 5.41) is 15.0. The highest BCUT2D eigenvalue weighted by Crippen LogP contribution is 2.19. The predicted molar refractivity (Wildman–Crippen MR) is 98.9 cm³/mol. The first-order chi connectivity index (χ1) is 12.2. The molecule has 9 heteroatoms. The van der Waals surface area contributed by atoms with Crippen LogP contribution in [0.3, 0.4) is 0 Å². The summed E-state index contributed by atoms with van der Waals surface area (Å²) in [4.78, 5) is 13.4. The van der Waals surface area contributed by atoms with E-state index in [0.717, 1.165) is 0 Å². The van der Waals surface area contributed by atoms with Gasteiger partial charge in [0.15, 0.2) is 10.8 Å². The Bertz CT molecular complexity index is 915. The van der Waals surface area contributed by atoms with E-state index in [1.807, 2.05) is 19.2 Å². The number of aryl methyl sites for hydroxylation is 1. The second-order valence-electron chi connectivity index (χ2n) is 6.15. The Balaban J connectivity index is 1.54. The first-order valence-corrected chi connectivity index (χ1v) is 8.66. The molecule has 1 saturated carbocycles. The highest BCUT2D eigenvalue weighted by molar-refractivity contribution is 7.80. The molecule has 128 valence electrons. The van der Waals surface area contributed by atoms with Gasteiger partial charge in [0.2, 0.25) is 0 Å². The fourth-order valence-electron chi connectivity index (χ4n) is 2.96. The quantitative estimate of drug-likeness (QED) is 0.690. The number of pyridine rings is 1. The smallest absolute Gasteiger partial charge is 0.180 e. The first kappa shape index (κ1) is 15.8. The van der Waals surface area contributed by atoms with Crippen LogP contribution in [-0.4, -0.2) is 41.1 Å². The van der Waals surface area contributed by atoms with Crippen molar-refractivity contribution in [3.05, 3.63) is 24.5 Å². The molecule has 3 aromatic rings. The standard InChI is InChI=1S/C16H18N8S/c1-24-9-13(22-23-24)12-8-17-11-6-7-14(20-15(11)19-12)21-16(25)18-10-4-2-3-5-10/h6-10H,2-5H2,1H3,(H2,18,19,20,21,25). The van der Waals surface area contributed by atoms with Crippen LogP contribution in [0.5, 0.6) is 0 Å². The van der Waals surface area contributed by atoms with Crippen LogP contribution in [0.25, 0.3) is 22.6 Å². The van der Waals surface area contributed by atoms with Gasteiger partial charge >= 0.3 is 0 Å². The SMILES string of the molecule is Cn1cc(-c2cnc3ccc(NC(=S)NC4CCCC4)nc3n2)nn1. The maximum Gasteiger partial charge on any atom is 0.180 e. The zero-order valence-corrected chi connectivity index (χ0v) is 14.6. The lowest BCUT2D eigenvalue weighted by atomic mass is 10.3. The number of thiocarbonyl (C=S) groups is 1. The highest BCUT2D eigenvalue weighted by atomic mass is 32.1. The predicted octanol–water partition coefficient (Wildman–Crippen LogP) is 2.05. The van der Waals surface area contributed by atoms with Gasteiger partial charge in [-0.1, -0.05) is 18.1 Å². The summed E-state index contributed by atoms with van der Waals surface area (Å²) in [6, 6.07) is 4.18. The van der Waals surface area contributed by atoms with Crippen molar-refractivity contribution in [1.82, 2.24) is 35.3 Å². The summed E-state index contributed by atoms with van der Waals surface area (Å²) in [6.45, 7) is 0. The van der Waals surface area contributed by atoms with Crippen LogP contribution in [0.15, 0.2) is 24.5 Å². The summed E-state index contributed by atoms with van der Waals surface area (Å²) in [7, 11) is 1.81. The van der Waals surface area contributed by atoms with Crippen molar-refractivity contribution in [2.75, 3.05) is 5.32 Å².